The molecular weight excluding hydrogens is 284 g/mol. The van der Waals surface area contributed by atoms with Gasteiger partial charge in [0.15, 0.2) is 18.4 Å². The minimum Gasteiger partial charge on any atom is -0.427 e. The molecule has 1 aliphatic rings. The fraction of sp³-hybridized carbons (Fsp3) is 0.571. The third kappa shape index (κ3) is 4.01. The first-order valence-electron chi connectivity index (χ1n) is 5.55. The summed E-state index contributed by atoms with van der Waals surface area (Å²) in [7, 11) is 0. The van der Waals surface area contributed by atoms with Crippen molar-refractivity contribution in [3.63, 3.8) is 0 Å². The number of rotatable bonds is 8. The first-order chi connectivity index (χ1) is 10.3. The predicted molar refractivity (Wildman–Crippen MR) is 63.5 cm³/mol. The lowest BCUT2D eigenvalue weighted by atomic mass is 10.4. The number of hydrogen-bond donors (Lipinski definition) is 0. The maximum Gasteiger partial charge on any atom is 0.293 e. The molecule has 0 radical (unpaired) electrons. The highest BCUT2D eigenvalue weighted by molar-refractivity contribution is 5.82. The minimum atomic E-state index is 0.0403. The van der Waals surface area contributed by atoms with E-state index in [4.69, 9.17) is 11.1 Å². The molecular formula is C7H9N12O2+. The minimum absolute atomic E-state index is 0.0403. The molecule has 14 heteroatoms. The monoisotopic (exact) mass is 293 g/mol. The van der Waals surface area contributed by atoms with Crippen LogP contribution in [-0.2, 0) is 23.0 Å². The van der Waals surface area contributed by atoms with Gasteiger partial charge in [0, 0.05) is 9.82 Å². The van der Waals surface area contributed by atoms with Gasteiger partial charge in [-0.2, -0.15) is 0 Å². The van der Waals surface area contributed by atoms with Gasteiger partial charge < -0.3 is 9.68 Å². The quantitative estimate of drug-likeness (QED) is 0.293. The van der Waals surface area contributed by atoms with Gasteiger partial charge in [-0.05, 0) is 11.1 Å². The van der Waals surface area contributed by atoms with Crippen molar-refractivity contribution in [2.75, 3.05) is 13.2 Å². The summed E-state index contributed by atoms with van der Waals surface area (Å²) in [6.45, 7) is 0.786. The molecule has 0 saturated carbocycles. The van der Waals surface area contributed by atoms with Crippen LogP contribution in [-0.4, -0.2) is 43.7 Å². The maximum absolute atomic E-state index is 8.13. The molecule has 0 saturated heterocycles. The summed E-state index contributed by atoms with van der Waals surface area (Å²) in [6.07, 6.45) is 1.48. The van der Waals surface area contributed by atoms with E-state index < -0.39 is 0 Å². The first kappa shape index (κ1) is 14.0. The Balaban J connectivity index is 1.84. The molecule has 14 nitrogen and oxygen atoms in total. The van der Waals surface area contributed by atoms with Crippen LogP contribution in [0.15, 0.2) is 22.0 Å². The van der Waals surface area contributed by atoms with Gasteiger partial charge in [0.2, 0.25) is 6.67 Å². The molecule has 0 bridgehead atoms. The summed E-state index contributed by atoms with van der Waals surface area (Å²) in [5, 5.41) is 19.0. The third-order valence-electron chi connectivity index (χ3n) is 2.30. The summed E-state index contributed by atoms with van der Waals surface area (Å²) in [4.78, 5) is 18.1. The van der Waals surface area contributed by atoms with Crippen LogP contribution in [0.5, 0.6) is 0 Å². The molecule has 21 heavy (non-hydrogen) atoms. The number of aromatic nitrogens is 3. The van der Waals surface area contributed by atoms with E-state index in [1.54, 1.807) is 5.01 Å². The van der Waals surface area contributed by atoms with Crippen molar-refractivity contribution in [1.29, 1.82) is 0 Å². The topological polar surface area (TPSA) is 176 Å². The molecule has 1 aromatic heterocycles. The smallest absolute Gasteiger partial charge is 0.293 e. The van der Waals surface area contributed by atoms with Gasteiger partial charge in [0.05, 0.1) is 6.20 Å². The van der Waals surface area contributed by atoms with Gasteiger partial charge in [0.25, 0.3) is 5.71 Å². The summed E-state index contributed by atoms with van der Waals surface area (Å²) in [5.41, 5.74) is 17.4. The Morgan fingerprint density at radius 2 is 2.05 bits per heavy atom. The van der Waals surface area contributed by atoms with Crippen LogP contribution in [0.1, 0.15) is 5.69 Å². The van der Waals surface area contributed by atoms with Gasteiger partial charge in [-0.15, -0.1) is 10.1 Å². The summed E-state index contributed by atoms with van der Waals surface area (Å²) < 4.78 is 1.52. The average Bonchev–Trinajstić information content (AvgIpc) is 3.10. The van der Waals surface area contributed by atoms with Crippen LogP contribution in [0.2, 0.25) is 0 Å². The second kappa shape index (κ2) is 7.21. The van der Waals surface area contributed by atoms with Crippen LogP contribution in [0.3, 0.4) is 0 Å². The summed E-state index contributed by atoms with van der Waals surface area (Å²) >= 11 is 0. The Morgan fingerprint density at radius 3 is 2.81 bits per heavy atom. The lowest BCUT2D eigenvalue weighted by molar-refractivity contribution is -0.123. The Labute approximate surface area is 116 Å². The second-order valence-electron chi connectivity index (χ2n) is 3.68. The van der Waals surface area contributed by atoms with Crippen LogP contribution in [0, 0.1) is 0 Å². The van der Waals surface area contributed by atoms with Crippen LogP contribution >= 0.6 is 0 Å². The molecule has 0 unspecified atom stereocenters. The zero-order valence-electron chi connectivity index (χ0n) is 10.6. The fourth-order valence-electron chi connectivity index (χ4n) is 1.47. The lowest BCUT2D eigenvalue weighted by Crippen LogP contribution is -2.26. The second-order valence-corrected chi connectivity index (χ2v) is 3.68. The third-order valence-corrected chi connectivity index (χ3v) is 2.30. The average molecular weight is 293 g/mol. The van der Waals surface area contributed by atoms with E-state index >= 15 is 0 Å². The molecule has 0 fully saturated rings. The number of hydrogen-bond acceptors (Lipinski definition) is 8. The van der Waals surface area contributed by atoms with E-state index in [1.807, 2.05) is 0 Å². The highest BCUT2D eigenvalue weighted by atomic mass is 16.6. The Kier molecular flexibility index (Phi) is 4.79. The standard InChI is InChI=1S/C7H9N12O2/c8-12-16-20-3-6-2-18(15-11-6)5-19-7(1-10-14-19)4-21-17-13-9/h1H,2-5H2/q+1. The van der Waals surface area contributed by atoms with Crippen LogP contribution < -0.4 is 0 Å². The van der Waals surface area contributed by atoms with Gasteiger partial charge in [-0.25, -0.2) is 4.68 Å². The van der Waals surface area contributed by atoms with E-state index in [1.165, 1.54) is 10.9 Å². The molecule has 0 aromatic carbocycles. The van der Waals surface area contributed by atoms with Crippen molar-refractivity contribution in [2.45, 2.75) is 13.3 Å². The molecule has 0 spiro atoms. The van der Waals surface area contributed by atoms with Crippen molar-refractivity contribution in [2.24, 2.45) is 15.8 Å². The molecule has 0 atom stereocenters. The van der Waals surface area contributed by atoms with Crippen LogP contribution in [0.4, 0.5) is 0 Å². The predicted octanol–water partition coefficient (Wildman–Crippen LogP) is 0.551. The van der Waals surface area contributed by atoms with Gasteiger partial charge in [-0.1, -0.05) is 10.0 Å². The van der Waals surface area contributed by atoms with Gasteiger partial charge in [0.1, 0.15) is 22.9 Å². The van der Waals surface area contributed by atoms with E-state index in [-0.39, 0.29) is 19.9 Å². The normalized spacial score (nSPS) is 12.4. The number of nitrogens with zero attached hydrogens (tertiary/aromatic N) is 12. The SMILES string of the molecule is [N-]=[N+]=NOCC1=[N+]=NN(Cn2nncc2CON=[N+]=[N-])C1. The van der Waals surface area contributed by atoms with E-state index in [9.17, 15) is 0 Å². The van der Waals surface area contributed by atoms with Crippen LogP contribution in [0.25, 0.3) is 20.9 Å². The number of azide groups is 2. The summed E-state index contributed by atoms with van der Waals surface area (Å²) in [6, 6.07) is 0. The van der Waals surface area contributed by atoms with Gasteiger partial charge in [-0.3, -0.25) is 0 Å². The van der Waals surface area contributed by atoms with Crippen molar-refractivity contribution in [1.82, 2.24) is 20.0 Å². The molecule has 1 aromatic rings. The van der Waals surface area contributed by atoms with Crippen molar-refractivity contribution in [3.8, 4) is 0 Å². The Morgan fingerprint density at radius 1 is 1.29 bits per heavy atom. The molecule has 0 aliphatic carbocycles. The lowest BCUT2D eigenvalue weighted by Gasteiger charge is -2.06. The zero-order valence-corrected chi connectivity index (χ0v) is 10.6. The Bertz CT molecular complexity index is 646. The van der Waals surface area contributed by atoms with E-state index in [0.717, 1.165) is 0 Å². The first-order valence-corrected chi connectivity index (χ1v) is 5.55. The zero-order chi connectivity index (χ0) is 14.9. The largest absolute Gasteiger partial charge is 0.427 e. The van der Waals surface area contributed by atoms with E-state index in [2.05, 4.69) is 50.4 Å². The molecule has 1 aliphatic heterocycles. The van der Waals surface area contributed by atoms with Crippen molar-refractivity contribution >= 4 is 5.71 Å². The highest BCUT2D eigenvalue weighted by Gasteiger charge is 2.25. The van der Waals surface area contributed by atoms with Crippen molar-refractivity contribution in [3.05, 3.63) is 32.8 Å². The van der Waals surface area contributed by atoms with Crippen molar-refractivity contribution < 1.29 is 14.5 Å². The van der Waals surface area contributed by atoms with E-state index in [0.29, 0.717) is 18.0 Å². The molecule has 0 N–H and O–H groups in total. The fourth-order valence-corrected chi connectivity index (χ4v) is 1.47. The van der Waals surface area contributed by atoms with Gasteiger partial charge >= 0.3 is 0 Å². The highest BCUT2D eigenvalue weighted by Crippen LogP contribution is 2.04. The molecule has 2 rings (SSSR count). The Hall–Kier alpha value is -3.46. The molecule has 108 valence electrons. The summed E-state index contributed by atoms with van der Waals surface area (Å²) in [5.74, 6) is 0. The molecule has 2 heterocycles. The maximum atomic E-state index is 8.13. The molecule has 0 amide bonds.